The first-order valence-corrected chi connectivity index (χ1v) is 13.4. The van der Waals surface area contributed by atoms with E-state index in [2.05, 4.69) is 39.2 Å². The molecule has 1 aromatic carbocycles. The number of carbonyl (C=O) groups excluding carboxylic acids is 2. The first-order valence-electron chi connectivity index (χ1n) is 13.1. The molecule has 0 radical (unpaired) electrons. The van der Waals surface area contributed by atoms with Crippen LogP contribution in [0.5, 0.6) is 0 Å². The number of piperidine rings is 2. The largest absolute Gasteiger partial charge is 0.338 e. The summed E-state index contributed by atoms with van der Waals surface area (Å²) in [6, 6.07) is 12.5. The van der Waals surface area contributed by atoms with Gasteiger partial charge >= 0.3 is 6.03 Å². The Morgan fingerprint density at radius 3 is 2.39 bits per heavy atom. The number of benzene rings is 1. The minimum absolute atomic E-state index is 0.0573. The third kappa shape index (κ3) is 4.71. The average Bonchev–Trinajstić information content (AvgIpc) is 3.25. The molecule has 3 saturated heterocycles. The van der Waals surface area contributed by atoms with Gasteiger partial charge in [0.05, 0.1) is 17.3 Å². The lowest BCUT2D eigenvalue weighted by Crippen LogP contribution is -2.58. The van der Waals surface area contributed by atoms with Crippen LogP contribution in [0.25, 0.3) is 0 Å². The van der Waals surface area contributed by atoms with Crippen LogP contribution in [0, 0.1) is 13.8 Å². The molecule has 192 valence electrons. The van der Waals surface area contributed by atoms with Crippen molar-refractivity contribution in [2.45, 2.75) is 64.1 Å². The van der Waals surface area contributed by atoms with Crippen molar-refractivity contribution >= 4 is 23.5 Å². The molecule has 2 aromatic rings. The van der Waals surface area contributed by atoms with Gasteiger partial charge in [0, 0.05) is 44.3 Å². The summed E-state index contributed by atoms with van der Waals surface area (Å²) in [5.41, 5.74) is 3.52. The van der Waals surface area contributed by atoms with Gasteiger partial charge in [-0.2, -0.15) is 0 Å². The standard InChI is InChI=1S/C28H36ClN5O2/c1-19-17-24(29)31-20(2)25(19)26(35)32-15-11-28(3,12-16-32)33-13-9-22(10-14-33)34-23(18-30-27(34)36)21-7-5-4-6-8-21/h4-8,17,22-23H,9-16,18H2,1-3H3,(H,30,36)/t23-/m0/s1. The molecule has 36 heavy (non-hydrogen) atoms. The Kier molecular flexibility index (Phi) is 6.97. The lowest BCUT2D eigenvalue weighted by Gasteiger charge is -2.50. The van der Waals surface area contributed by atoms with Crippen LogP contribution in [0.15, 0.2) is 36.4 Å². The highest BCUT2D eigenvalue weighted by Gasteiger charge is 2.42. The molecule has 5 rings (SSSR count). The second-order valence-corrected chi connectivity index (χ2v) is 11.1. The Hall–Kier alpha value is -2.64. The van der Waals surface area contributed by atoms with Crippen LogP contribution in [-0.2, 0) is 0 Å². The van der Waals surface area contributed by atoms with Gasteiger partial charge in [0.2, 0.25) is 0 Å². The summed E-state index contributed by atoms with van der Waals surface area (Å²) in [6.45, 7) is 10.2. The van der Waals surface area contributed by atoms with Crippen molar-refractivity contribution in [1.82, 2.24) is 25.0 Å². The van der Waals surface area contributed by atoms with Crippen LogP contribution in [0.1, 0.15) is 65.8 Å². The fourth-order valence-electron chi connectivity index (χ4n) is 6.35. The van der Waals surface area contributed by atoms with Gasteiger partial charge < -0.3 is 15.1 Å². The molecule has 0 saturated carbocycles. The molecule has 0 aliphatic carbocycles. The maximum atomic E-state index is 13.3. The van der Waals surface area contributed by atoms with E-state index < -0.39 is 0 Å². The Bertz CT molecular complexity index is 1100. The minimum atomic E-state index is 0.0573. The SMILES string of the molecule is Cc1cc(Cl)nc(C)c1C(=O)N1CCC(C)(N2CCC(N3C(=O)NC[C@H]3c3ccccc3)CC2)CC1. The number of hydrogen-bond donors (Lipinski definition) is 1. The quantitative estimate of drug-likeness (QED) is 0.613. The topological polar surface area (TPSA) is 68.8 Å². The number of nitrogens with zero attached hydrogens (tertiary/aromatic N) is 4. The number of halogens is 1. The normalized spacial score (nSPS) is 23.1. The second-order valence-electron chi connectivity index (χ2n) is 10.7. The molecule has 0 bridgehead atoms. The number of aromatic nitrogens is 1. The summed E-state index contributed by atoms with van der Waals surface area (Å²) in [6.07, 6.45) is 3.84. The van der Waals surface area contributed by atoms with Crippen LogP contribution >= 0.6 is 11.6 Å². The molecular formula is C28H36ClN5O2. The van der Waals surface area contributed by atoms with Crippen LogP contribution in [-0.4, -0.2) is 75.9 Å². The van der Waals surface area contributed by atoms with E-state index in [1.165, 1.54) is 5.56 Å². The van der Waals surface area contributed by atoms with E-state index in [0.717, 1.165) is 57.4 Å². The molecule has 0 spiro atoms. The summed E-state index contributed by atoms with van der Waals surface area (Å²) in [5.74, 6) is 0.0573. The predicted octanol–water partition coefficient (Wildman–Crippen LogP) is 4.58. The van der Waals surface area contributed by atoms with Crippen molar-refractivity contribution in [3.05, 3.63) is 63.9 Å². The second kappa shape index (κ2) is 10.0. The Balaban J connectivity index is 1.19. The zero-order valence-corrected chi connectivity index (χ0v) is 22.2. The van der Waals surface area contributed by atoms with E-state index in [1.54, 1.807) is 6.07 Å². The summed E-state index contributed by atoms with van der Waals surface area (Å²) in [5, 5.41) is 3.49. The molecule has 1 N–H and O–H groups in total. The zero-order valence-electron chi connectivity index (χ0n) is 21.5. The summed E-state index contributed by atoms with van der Waals surface area (Å²) < 4.78 is 0. The van der Waals surface area contributed by atoms with Crippen molar-refractivity contribution < 1.29 is 9.59 Å². The van der Waals surface area contributed by atoms with Crippen LogP contribution in [0.4, 0.5) is 4.79 Å². The number of rotatable bonds is 4. The third-order valence-corrected chi connectivity index (χ3v) is 8.72. The number of nitrogens with one attached hydrogen (secondary N) is 1. The molecule has 8 heteroatoms. The number of pyridine rings is 1. The van der Waals surface area contributed by atoms with Crippen molar-refractivity contribution in [2.24, 2.45) is 0 Å². The molecule has 3 amide bonds. The van der Waals surface area contributed by atoms with E-state index in [-0.39, 0.29) is 29.6 Å². The van der Waals surface area contributed by atoms with Gasteiger partial charge in [0.15, 0.2) is 0 Å². The van der Waals surface area contributed by atoms with Gasteiger partial charge in [-0.05, 0) is 63.6 Å². The lowest BCUT2D eigenvalue weighted by atomic mass is 9.85. The molecule has 7 nitrogen and oxygen atoms in total. The Morgan fingerprint density at radius 1 is 1.08 bits per heavy atom. The Morgan fingerprint density at radius 2 is 1.75 bits per heavy atom. The highest BCUT2D eigenvalue weighted by molar-refractivity contribution is 6.29. The molecule has 3 fully saturated rings. The monoisotopic (exact) mass is 509 g/mol. The number of carbonyl (C=O) groups is 2. The van der Waals surface area contributed by atoms with E-state index in [4.69, 9.17) is 11.6 Å². The number of hydrogen-bond acceptors (Lipinski definition) is 4. The number of urea groups is 1. The summed E-state index contributed by atoms with van der Waals surface area (Å²) in [4.78, 5) is 37.0. The molecule has 1 aromatic heterocycles. The average molecular weight is 510 g/mol. The fraction of sp³-hybridized carbons (Fsp3) is 0.536. The van der Waals surface area contributed by atoms with Crippen LogP contribution in [0.3, 0.4) is 0 Å². The molecule has 1 atom stereocenters. The number of likely N-dealkylation sites (tertiary alicyclic amines) is 2. The van der Waals surface area contributed by atoms with Crippen molar-refractivity contribution in [3.8, 4) is 0 Å². The highest BCUT2D eigenvalue weighted by Crippen LogP contribution is 2.36. The molecule has 0 unspecified atom stereocenters. The molecule has 3 aliphatic heterocycles. The summed E-state index contributed by atoms with van der Waals surface area (Å²) >= 11 is 6.07. The highest BCUT2D eigenvalue weighted by atomic mass is 35.5. The van der Waals surface area contributed by atoms with Crippen molar-refractivity contribution in [1.29, 1.82) is 0 Å². The van der Waals surface area contributed by atoms with Gasteiger partial charge in [-0.3, -0.25) is 9.69 Å². The molecule has 3 aliphatic rings. The van der Waals surface area contributed by atoms with E-state index >= 15 is 0 Å². The Labute approximate surface area is 218 Å². The van der Waals surface area contributed by atoms with Crippen molar-refractivity contribution in [3.63, 3.8) is 0 Å². The van der Waals surface area contributed by atoms with E-state index in [1.807, 2.05) is 36.9 Å². The van der Waals surface area contributed by atoms with E-state index in [0.29, 0.717) is 23.0 Å². The summed E-state index contributed by atoms with van der Waals surface area (Å²) in [7, 11) is 0. The zero-order chi connectivity index (χ0) is 25.4. The molecule has 4 heterocycles. The fourth-order valence-corrected chi connectivity index (χ4v) is 6.64. The van der Waals surface area contributed by atoms with Crippen LogP contribution < -0.4 is 5.32 Å². The lowest BCUT2D eigenvalue weighted by molar-refractivity contribution is 0.00509. The predicted molar refractivity (Wildman–Crippen MR) is 141 cm³/mol. The van der Waals surface area contributed by atoms with Gasteiger partial charge in [-0.25, -0.2) is 9.78 Å². The first-order chi connectivity index (χ1) is 17.3. The van der Waals surface area contributed by atoms with E-state index in [9.17, 15) is 9.59 Å². The van der Waals surface area contributed by atoms with Gasteiger partial charge in [0.1, 0.15) is 5.15 Å². The van der Waals surface area contributed by atoms with Gasteiger partial charge in [0.25, 0.3) is 5.91 Å². The van der Waals surface area contributed by atoms with Gasteiger partial charge in [-0.1, -0.05) is 41.9 Å². The maximum absolute atomic E-state index is 13.3. The first kappa shape index (κ1) is 25.0. The van der Waals surface area contributed by atoms with Crippen molar-refractivity contribution in [2.75, 3.05) is 32.7 Å². The number of aryl methyl sites for hydroxylation is 2. The molecular weight excluding hydrogens is 474 g/mol. The van der Waals surface area contributed by atoms with Crippen LogP contribution in [0.2, 0.25) is 5.15 Å². The number of amides is 3. The smallest absolute Gasteiger partial charge is 0.318 e. The minimum Gasteiger partial charge on any atom is -0.338 e. The maximum Gasteiger partial charge on any atom is 0.318 e. The van der Waals surface area contributed by atoms with Gasteiger partial charge in [-0.15, -0.1) is 0 Å². The third-order valence-electron chi connectivity index (χ3n) is 8.53.